The Morgan fingerprint density at radius 1 is 0.460 bits per heavy atom. The Labute approximate surface area is 369 Å². The van der Waals surface area contributed by atoms with Crippen LogP contribution in [0.5, 0.6) is 0 Å². The zero-order chi connectivity index (χ0) is 42.5. The van der Waals surface area contributed by atoms with Crippen LogP contribution in [0.3, 0.4) is 0 Å². The smallest absolute Gasteiger partial charge is 0.137 e. The Hall–Kier alpha value is -7.89. The van der Waals surface area contributed by atoms with Gasteiger partial charge < -0.3 is 14.7 Å². The lowest BCUT2D eigenvalue weighted by molar-refractivity contribution is 0.588. The lowest BCUT2D eigenvalue weighted by atomic mass is 9.88. The first-order valence-electron chi connectivity index (χ1n) is 21.7. The number of hydrogen-bond acceptors (Lipinski definition) is 4. The van der Waals surface area contributed by atoms with Gasteiger partial charge in [0.05, 0.1) is 28.1 Å². The number of hydrogen-bond donors (Lipinski definition) is 0. The van der Waals surface area contributed by atoms with Gasteiger partial charge in [-0.2, -0.15) is 0 Å². The number of benzene rings is 8. The number of para-hydroxylation sites is 5. The van der Waals surface area contributed by atoms with E-state index in [4.69, 9.17) is 4.98 Å². The van der Waals surface area contributed by atoms with Gasteiger partial charge in [-0.3, -0.25) is 4.57 Å². The molecule has 0 atom stereocenters. The molecule has 1 aliphatic heterocycles. The molecule has 0 fully saturated rings. The van der Waals surface area contributed by atoms with Crippen molar-refractivity contribution in [1.29, 1.82) is 0 Å². The Morgan fingerprint density at radius 3 is 1.70 bits per heavy atom. The van der Waals surface area contributed by atoms with E-state index in [0.717, 1.165) is 61.9 Å². The van der Waals surface area contributed by atoms with Crippen LogP contribution in [0.15, 0.2) is 219 Å². The first-order valence-corrected chi connectivity index (χ1v) is 21.7. The maximum absolute atomic E-state index is 5.04. The molecule has 5 nitrogen and oxygen atoms in total. The number of rotatable bonds is 8. The lowest BCUT2D eigenvalue weighted by Crippen LogP contribution is -2.24. The van der Waals surface area contributed by atoms with Gasteiger partial charge in [-0.25, -0.2) is 4.98 Å². The summed E-state index contributed by atoms with van der Waals surface area (Å²) in [6.07, 6.45) is 1.95. The maximum atomic E-state index is 5.04. The number of nitrogens with zero attached hydrogens (tertiary/aromatic N) is 5. The van der Waals surface area contributed by atoms with Crippen molar-refractivity contribution in [3.63, 3.8) is 0 Å². The largest absolute Gasteiger partial charge is 0.321 e. The summed E-state index contributed by atoms with van der Waals surface area (Å²) in [6, 6.07) is 76.8. The van der Waals surface area contributed by atoms with E-state index in [1.807, 2.05) is 6.20 Å². The molecule has 5 heteroatoms. The van der Waals surface area contributed by atoms with Gasteiger partial charge in [0.1, 0.15) is 12.5 Å². The van der Waals surface area contributed by atoms with E-state index < -0.39 is 0 Å². The van der Waals surface area contributed by atoms with Crippen molar-refractivity contribution in [2.45, 2.75) is 26.2 Å². The van der Waals surface area contributed by atoms with Crippen LogP contribution in [0.1, 0.15) is 26.3 Å². The molecule has 3 heterocycles. The highest BCUT2D eigenvalue weighted by Crippen LogP contribution is 2.50. The summed E-state index contributed by atoms with van der Waals surface area (Å²) in [6.45, 7) is 7.47. The van der Waals surface area contributed by atoms with Crippen molar-refractivity contribution in [1.82, 2.24) is 9.55 Å². The average molecular weight is 814 g/mol. The molecule has 0 radical (unpaired) electrons. The molecule has 0 N–H and O–H groups in total. The first kappa shape index (κ1) is 38.1. The van der Waals surface area contributed by atoms with Gasteiger partial charge in [-0.15, -0.1) is 0 Å². The number of aromatic nitrogens is 2. The van der Waals surface area contributed by atoms with E-state index >= 15 is 0 Å². The van der Waals surface area contributed by atoms with Gasteiger partial charge in [0.25, 0.3) is 0 Å². The molecule has 0 saturated heterocycles. The zero-order valence-corrected chi connectivity index (χ0v) is 35.7. The predicted molar refractivity (Wildman–Crippen MR) is 265 cm³/mol. The second-order valence-electron chi connectivity index (χ2n) is 17.3. The van der Waals surface area contributed by atoms with Crippen LogP contribution < -0.4 is 14.7 Å². The maximum Gasteiger partial charge on any atom is 0.137 e. The normalized spacial score (nSPS) is 12.6. The highest BCUT2D eigenvalue weighted by molar-refractivity contribution is 6.11. The third kappa shape index (κ3) is 6.79. The molecule has 2 aromatic heterocycles. The summed E-state index contributed by atoms with van der Waals surface area (Å²) in [7, 11) is 0. The third-order valence-corrected chi connectivity index (χ3v) is 12.4. The van der Waals surface area contributed by atoms with Crippen molar-refractivity contribution in [2.24, 2.45) is 0 Å². The van der Waals surface area contributed by atoms with Crippen LogP contribution in [-0.4, -0.2) is 16.2 Å². The average Bonchev–Trinajstić information content (AvgIpc) is 3.89. The molecule has 0 aliphatic carbocycles. The van der Waals surface area contributed by atoms with Gasteiger partial charge >= 0.3 is 0 Å². The Balaban J connectivity index is 1.17. The number of pyridine rings is 1. The monoisotopic (exact) mass is 813 g/mol. The van der Waals surface area contributed by atoms with Gasteiger partial charge in [-0.1, -0.05) is 160 Å². The van der Waals surface area contributed by atoms with Crippen LogP contribution in [0, 0.1) is 0 Å². The number of fused-ring (bicyclic) bond motifs is 4. The quantitative estimate of drug-likeness (QED) is 0.153. The summed E-state index contributed by atoms with van der Waals surface area (Å²) < 4.78 is 2.35. The van der Waals surface area contributed by atoms with Crippen LogP contribution in [0.4, 0.5) is 39.8 Å². The molecule has 0 bridgehead atoms. The van der Waals surface area contributed by atoms with Crippen molar-refractivity contribution < 1.29 is 0 Å². The molecule has 304 valence electrons. The lowest BCUT2D eigenvalue weighted by Gasteiger charge is -2.31. The summed E-state index contributed by atoms with van der Waals surface area (Å²) in [4.78, 5) is 12.3. The van der Waals surface area contributed by atoms with Crippen molar-refractivity contribution in [3.05, 3.63) is 224 Å². The molecule has 63 heavy (non-hydrogen) atoms. The zero-order valence-electron chi connectivity index (χ0n) is 35.7. The minimum atomic E-state index is -0.0353. The van der Waals surface area contributed by atoms with Gasteiger partial charge in [0, 0.05) is 50.8 Å². The fourth-order valence-electron chi connectivity index (χ4n) is 9.31. The highest BCUT2D eigenvalue weighted by Gasteiger charge is 2.29. The van der Waals surface area contributed by atoms with Crippen LogP contribution in [0.25, 0.3) is 49.9 Å². The summed E-state index contributed by atoms with van der Waals surface area (Å²) in [5, 5.41) is 2.38. The van der Waals surface area contributed by atoms with Crippen molar-refractivity contribution >= 4 is 61.6 Å². The Bertz CT molecular complexity index is 3200. The molecule has 8 aromatic carbocycles. The molecule has 11 rings (SSSR count). The van der Waals surface area contributed by atoms with E-state index in [1.165, 1.54) is 33.4 Å². The Morgan fingerprint density at radius 2 is 1.02 bits per heavy atom. The molecule has 1 aliphatic rings. The van der Waals surface area contributed by atoms with Crippen LogP contribution in [-0.2, 0) is 5.41 Å². The fraction of sp³-hybridized carbons (Fsp3) is 0.0862. The fourth-order valence-corrected chi connectivity index (χ4v) is 9.31. The van der Waals surface area contributed by atoms with Gasteiger partial charge in [0.15, 0.2) is 0 Å². The van der Waals surface area contributed by atoms with E-state index in [2.05, 4.69) is 252 Å². The highest BCUT2D eigenvalue weighted by atomic mass is 15.4. The predicted octanol–water partition coefficient (Wildman–Crippen LogP) is 15.5. The van der Waals surface area contributed by atoms with Crippen LogP contribution in [0.2, 0.25) is 0 Å². The first-order chi connectivity index (χ1) is 30.9. The van der Waals surface area contributed by atoms with Gasteiger partial charge in [-0.05, 0) is 94.9 Å². The molecule has 0 unspecified atom stereocenters. The SMILES string of the molecule is CC(C)(C)c1ccnc(-n2c3ccccc3c3ccc(N(c4cccc(N5CN(c6ccccc6)c6ccccc65)c4)c4c(-c5ccccc5)cccc4-c4ccccc4)cc32)c1. The summed E-state index contributed by atoms with van der Waals surface area (Å²) in [5.41, 5.74) is 15.9. The van der Waals surface area contributed by atoms with E-state index in [-0.39, 0.29) is 5.41 Å². The number of anilines is 7. The van der Waals surface area contributed by atoms with Crippen LogP contribution >= 0.6 is 0 Å². The Kier molecular flexibility index (Phi) is 9.39. The van der Waals surface area contributed by atoms with Crippen molar-refractivity contribution in [2.75, 3.05) is 21.4 Å². The van der Waals surface area contributed by atoms with Gasteiger partial charge in [0.2, 0.25) is 0 Å². The third-order valence-electron chi connectivity index (χ3n) is 12.4. The van der Waals surface area contributed by atoms with Crippen molar-refractivity contribution in [3.8, 4) is 28.1 Å². The van der Waals surface area contributed by atoms with E-state index in [9.17, 15) is 0 Å². The standard InChI is InChI=1S/C58H47N5/c1-58(2,3)43-35-36-59-56(37-43)63-52-30-14-13-27-50(52)51-34-33-47(39-55(51)63)62(57-48(41-19-7-4-8-20-41)28-18-29-49(57)42-21-9-5-10-22-42)46-26-17-25-45(38-46)61-40-60(44-23-11-6-12-24-44)53-31-15-16-32-54(53)61/h4-39H,40H2,1-3H3. The molecule has 0 saturated carbocycles. The topological polar surface area (TPSA) is 27.5 Å². The second kappa shape index (κ2) is 15.5. The molecule has 0 spiro atoms. The molecular formula is C58H47N5. The molecule has 10 aromatic rings. The summed E-state index contributed by atoms with van der Waals surface area (Å²) in [5.74, 6) is 0.907. The van der Waals surface area contributed by atoms with E-state index in [1.54, 1.807) is 0 Å². The summed E-state index contributed by atoms with van der Waals surface area (Å²) >= 11 is 0. The second-order valence-corrected chi connectivity index (χ2v) is 17.3. The minimum Gasteiger partial charge on any atom is -0.321 e. The molecular weight excluding hydrogens is 767 g/mol. The minimum absolute atomic E-state index is 0.0353. The molecule has 0 amide bonds. The van der Waals surface area contributed by atoms with E-state index in [0.29, 0.717) is 6.67 Å².